The third-order valence-corrected chi connectivity index (χ3v) is 2.65. The van der Waals surface area contributed by atoms with Crippen LogP contribution in [0, 0.1) is 0 Å². The van der Waals surface area contributed by atoms with Crippen molar-refractivity contribution in [3.63, 3.8) is 0 Å². The second-order valence-electron chi connectivity index (χ2n) is 4.36. The van der Waals surface area contributed by atoms with Crippen LogP contribution in [0.15, 0.2) is 10.7 Å². The predicted molar refractivity (Wildman–Crippen MR) is 62.2 cm³/mol. The van der Waals surface area contributed by atoms with E-state index in [-0.39, 0.29) is 5.54 Å². The molecule has 0 aliphatic heterocycles. The molecule has 0 aliphatic rings. The van der Waals surface area contributed by atoms with Crippen molar-refractivity contribution in [2.24, 2.45) is 0 Å². The first-order valence-corrected chi connectivity index (χ1v) is 5.68. The normalized spacial score (nSPS) is 12.1. The van der Waals surface area contributed by atoms with Crippen molar-refractivity contribution >= 4 is 15.9 Å². The van der Waals surface area contributed by atoms with Crippen molar-refractivity contribution in [1.82, 2.24) is 15.1 Å². The Hall–Kier alpha value is -0.350. The van der Waals surface area contributed by atoms with Crippen LogP contribution in [0.3, 0.4) is 0 Å². The van der Waals surface area contributed by atoms with Crippen molar-refractivity contribution in [2.75, 3.05) is 0 Å². The van der Waals surface area contributed by atoms with Crippen molar-refractivity contribution in [1.29, 1.82) is 0 Å². The lowest BCUT2D eigenvalue weighted by atomic mass is 10.1. The molecule has 0 amide bonds. The fourth-order valence-electron chi connectivity index (χ4n) is 1.18. The SMILES string of the molecule is CCn1ncc(Br)c1CNC(C)(C)C. The Morgan fingerprint density at radius 2 is 2.14 bits per heavy atom. The largest absolute Gasteiger partial charge is 0.306 e. The fourth-order valence-corrected chi connectivity index (χ4v) is 1.62. The number of aromatic nitrogens is 2. The smallest absolute Gasteiger partial charge is 0.0664 e. The maximum Gasteiger partial charge on any atom is 0.0664 e. The zero-order valence-corrected chi connectivity index (χ0v) is 10.8. The van der Waals surface area contributed by atoms with Crippen LogP contribution in [0.2, 0.25) is 0 Å². The molecular weight excluding hydrogens is 242 g/mol. The van der Waals surface area contributed by atoms with Gasteiger partial charge in [0.05, 0.1) is 16.4 Å². The second-order valence-corrected chi connectivity index (χ2v) is 5.21. The van der Waals surface area contributed by atoms with E-state index in [9.17, 15) is 0 Å². The molecule has 1 N–H and O–H groups in total. The molecule has 0 bridgehead atoms. The van der Waals surface area contributed by atoms with Gasteiger partial charge in [-0.25, -0.2) is 0 Å². The molecule has 80 valence electrons. The van der Waals surface area contributed by atoms with Gasteiger partial charge in [0.25, 0.3) is 0 Å². The quantitative estimate of drug-likeness (QED) is 0.905. The molecule has 3 nitrogen and oxygen atoms in total. The molecule has 1 aromatic rings. The van der Waals surface area contributed by atoms with Gasteiger partial charge in [-0.1, -0.05) is 0 Å². The highest BCUT2D eigenvalue weighted by molar-refractivity contribution is 9.10. The maximum absolute atomic E-state index is 4.26. The lowest BCUT2D eigenvalue weighted by Gasteiger charge is -2.20. The number of hydrogen-bond acceptors (Lipinski definition) is 2. The zero-order valence-electron chi connectivity index (χ0n) is 9.26. The minimum absolute atomic E-state index is 0.141. The van der Waals surface area contributed by atoms with Gasteiger partial charge in [-0.2, -0.15) is 5.10 Å². The lowest BCUT2D eigenvalue weighted by molar-refractivity contribution is 0.412. The van der Waals surface area contributed by atoms with E-state index in [1.54, 1.807) is 0 Å². The molecule has 0 radical (unpaired) electrons. The van der Waals surface area contributed by atoms with E-state index in [1.165, 1.54) is 5.69 Å². The van der Waals surface area contributed by atoms with E-state index >= 15 is 0 Å². The summed E-state index contributed by atoms with van der Waals surface area (Å²) >= 11 is 3.50. The van der Waals surface area contributed by atoms with E-state index in [0.29, 0.717) is 0 Å². The van der Waals surface area contributed by atoms with Gasteiger partial charge in [0.2, 0.25) is 0 Å². The highest BCUT2D eigenvalue weighted by Crippen LogP contribution is 2.16. The summed E-state index contributed by atoms with van der Waals surface area (Å²) in [5.41, 5.74) is 1.35. The molecular formula is C10H18BrN3. The molecule has 0 saturated carbocycles. The number of nitrogens with one attached hydrogen (secondary N) is 1. The molecule has 0 atom stereocenters. The summed E-state index contributed by atoms with van der Waals surface area (Å²) in [4.78, 5) is 0. The van der Waals surface area contributed by atoms with Crippen LogP contribution in [-0.2, 0) is 13.1 Å². The molecule has 0 spiro atoms. The first-order chi connectivity index (χ1) is 6.44. The molecule has 0 saturated heterocycles. The van der Waals surface area contributed by atoms with Gasteiger partial charge in [0, 0.05) is 18.6 Å². The molecule has 0 fully saturated rings. The molecule has 14 heavy (non-hydrogen) atoms. The van der Waals surface area contributed by atoms with E-state index in [2.05, 4.69) is 54.0 Å². The number of aryl methyl sites for hydroxylation is 1. The summed E-state index contributed by atoms with van der Waals surface area (Å²) < 4.78 is 3.08. The minimum atomic E-state index is 0.141. The molecule has 0 unspecified atom stereocenters. The number of nitrogens with zero attached hydrogens (tertiary/aromatic N) is 2. The van der Waals surface area contributed by atoms with E-state index < -0.39 is 0 Å². The van der Waals surface area contributed by atoms with Crippen LogP contribution in [0.5, 0.6) is 0 Å². The van der Waals surface area contributed by atoms with Gasteiger partial charge in [-0.05, 0) is 43.6 Å². The van der Waals surface area contributed by atoms with E-state index in [0.717, 1.165) is 17.6 Å². The standard InChI is InChI=1S/C10H18BrN3/c1-5-14-9(8(11)6-13-14)7-12-10(2,3)4/h6,12H,5,7H2,1-4H3. The molecule has 0 aromatic carbocycles. The average molecular weight is 260 g/mol. The Bertz CT molecular complexity index is 299. The van der Waals surface area contributed by atoms with Gasteiger partial charge < -0.3 is 5.32 Å². The topological polar surface area (TPSA) is 29.9 Å². The first kappa shape index (κ1) is 11.7. The average Bonchev–Trinajstić information content (AvgIpc) is 2.41. The number of rotatable bonds is 3. The van der Waals surface area contributed by atoms with Gasteiger partial charge in [-0.3, -0.25) is 4.68 Å². The highest BCUT2D eigenvalue weighted by Gasteiger charge is 2.12. The Kier molecular flexibility index (Phi) is 3.72. The third kappa shape index (κ3) is 3.10. The monoisotopic (exact) mass is 259 g/mol. The van der Waals surface area contributed by atoms with Gasteiger partial charge in [-0.15, -0.1) is 0 Å². The fraction of sp³-hybridized carbons (Fsp3) is 0.700. The summed E-state index contributed by atoms with van der Waals surface area (Å²) in [6, 6.07) is 0. The van der Waals surface area contributed by atoms with Crippen LogP contribution in [0.25, 0.3) is 0 Å². The van der Waals surface area contributed by atoms with Crippen LogP contribution in [-0.4, -0.2) is 15.3 Å². The van der Waals surface area contributed by atoms with E-state index in [1.807, 2.05) is 10.9 Å². The van der Waals surface area contributed by atoms with Crippen LogP contribution >= 0.6 is 15.9 Å². The number of halogens is 1. The summed E-state index contributed by atoms with van der Waals surface area (Å²) in [7, 11) is 0. The first-order valence-electron chi connectivity index (χ1n) is 4.89. The molecule has 1 aromatic heterocycles. The summed E-state index contributed by atoms with van der Waals surface area (Å²) in [5.74, 6) is 0. The van der Waals surface area contributed by atoms with Crippen molar-refractivity contribution < 1.29 is 0 Å². The minimum Gasteiger partial charge on any atom is -0.306 e. The molecule has 0 aliphatic carbocycles. The molecule has 1 heterocycles. The Morgan fingerprint density at radius 1 is 1.50 bits per heavy atom. The summed E-state index contributed by atoms with van der Waals surface area (Å²) in [6.45, 7) is 10.3. The van der Waals surface area contributed by atoms with Crippen molar-refractivity contribution in [2.45, 2.75) is 46.3 Å². The van der Waals surface area contributed by atoms with Gasteiger partial charge >= 0.3 is 0 Å². The molecule has 1 rings (SSSR count). The Balaban J connectivity index is 2.70. The van der Waals surface area contributed by atoms with Crippen LogP contribution < -0.4 is 5.32 Å². The Labute approximate surface area is 94.0 Å². The second kappa shape index (κ2) is 4.45. The van der Waals surface area contributed by atoms with Crippen LogP contribution in [0.1, 0.15) is 33.4 Å². The summed E-state index contributed by atoms with van der Waals surface area (Å²) in [5, 5.41) is 7.71. The summed E-state index contributed by atoms with van der Waals surface area (Å²) in [6.07, 6.45) is 1.85. The lowest BCUT2D eigenvalue weighted by Crippen LogP contribution is -2.35. The zero-order chi connectivity index (χ0) is 10.8. The maximum atomic E-state index is 4.26. The van der Waals surface area contributed by atoms with Gasteiger partial charge in [0.1, 0.15) is 0 Å². The van der Waals surface area contributed by atoms with Gasteiger partial charge in [0.15, 0.2) is 0 Å². The highest BCUT2D eigenvalue weighted by atomic mass is 79.9. The van der Waals surface area contributed by atoms with Crippen molar-refractivity contribution in [3.8, 4) is 0 Å². The van der Waals surface area contributed by atoms with E-state index in [4.69, 9.17) is 0 Å². The van der Waals surface area contributed by atoms with Crippen molar-refractivity contribution in [3.05, 3.63) is 16.4 Å². The predicted octanol–water partition coefficient (Wildman–Crippen LogP) is 2.55. The third-order valence-electron chi connectivity index (χ3n) is 1.98. The Morgan fingerprint density at radius 3 is 2.64 bits per heavy atom. The number of hydrogen-bond donors (Lipinski definition) is 1. The van der Waals surface area contributed by atoms with Crippen LogP contribution in [0.4, 0.5) is 0 Å². The molecule has 4 heteroatoms.